The highest BCUT2D eigenvalue weighted by atomic mass is 32.2. The number of benzene rings is 1. The molecule has 1 aromatic carbocycles. The fraction of sp³-hybridized carbons (Fsp3) is 0.348. The van der Waals surface area contributed by atoms with Crippen LogP contribution in [-0.2, 0) is 13.2 Å². The number of hydrogen-bond donors (Lipinski definition) is 0. The van der Waals surface area contributed by atoms with E-state index in [4.69, 9.17) is 0 Å². The van der Waals surface area contributed by atoms with Gasteiger partial charge in [0, 0.05) is 43.8 Å². The SMILES string of the molecule is Cn1c(SCCCN2CC=C(c3cccc(C(F)(F)F)c3)CC2)nnc1-c1cccnc1. The second kappa shape index (κ2) is 9.87. The molecular weight excluding hydrogens is 435 g/mol. The smallest absolute Gasteiger partial charge is 0.305 e. The molecule has 0 aliphatic carbocycles. The quantitative estimate of drug-likeness (QED) is 0.361. The Kier molecular flexibility index (Phi) is 6.95. The van der Waals surface area contributed by atoms with Gasteiger partial charge in [0.15, 0.2) is 11.0 Å². The molecule has 0 amide bonds. The zero-order valence-corrected chi connectivity index (χ0v) is 18.5. The van der Waals surface area contributed by atoms with Crippen molar-refractivity contribution in [2.45, 2.75) is 24.2 Å². The van der Waals surface area contributed by atoms with Gasteiger partial charge in [0.1, 0.15) is 0 Å². The molecule has 168 valence electrons. The van der Waals surface area contributed by atoms with Crippen molar-refractivity contribution in [3.05, 3.63) is 66.0 Å². The zero-order valence-electron chi connectivity index (χ0n) is 17.7. The summed E-state index contributed by atoms with van der Waals surface area (Å²) < 4.78 is 40.9. The van der Waals surface area contributed by atoms with Crippen molar-refractivity contribution in [1.82, 2.24) is 24.6 Å². The minimum absolute atomic E-state index is 0.592. The first-order chi connectivity index (χ1) is 15.4. The summed E-state index contributed by atoms with van der Waals surface area (Å²) in [4.78, 5) is 6.46. The van der Waals surface area contributed by atoms with Gasteiger partial charge in [-0.3, -0.25) is 9.88 Å². The molecule has 0 fully saturated rings. The first-order valence-electron chi connectivity index (χ1n) is 10.4. The maximum absolute atomic E-state index is 13.0. The van der Waals surface area contributed by atoms with Crippen LogP contribution in [0.1, 0.15) is 24.0 Å². The molecule has 3 aromatic rings. The molecule has 0 atom stereocenters. The van der Waals surface area contributed by atoms with Crippen LogP contribution in [0.2, 0.25) is 0 Å². The van der Waals surface area contributed by atoms with E-state index in [1.54, 1.807) is 30.2 Å². The Morgan fingerprint density at radius 3 is 2.66 bits per heavy atom. The summed E-state index contributed by atoms with van der Waals surface area (Å²) in [6, 6.07) is 9.45. The van der Waals surface area contributed by atoms with E-state index in [1.807, 2.05) is 23.7 Å². The summed E-state index contributed by atoms with van der Waals surface area (Å²) in [6.07, 6.45) is 2.99. The Morgan fingerprint density at radius 2 is 1.94 bits per heavy atom. The molecule has 5 nitrogen and oxygen atoms in total. The van der Waals surface area contributed by atoms with Crippen LogP contribution in [0.15, 0.2) is 60.0 Å². The summed E-state index contributed by atoms with van der Waals surface area (Å²) in [5.41, 5.74) is 2.00. The van der Waals surface area contributed by atoms with Gasteiger partial charge in [0.25, 0.3) is 0 Å². The van der Waals surface area contributed by atoms with Gasteiger partial charge >= 0.3 is 6.18 Å². The monoisotopic (exact) mass is 459 g/mol. The van der Waals surface area contributed by atoms with E-state index in [9.17, 15) is 13.2 Å². The Hall–Kier alpha value is -2.65. The molecule has 3 heterocycles. The van der Waals surface area contributed by atoms with Gasteiger partial charge in [-0.05, 0) is 54.8 Å². The summed E-state index contributed by atoms with van der Waals surface area (Å²) in [5.74, 6) is 1.71. The van der Waals surface area contributed by atoms with Crippen LogP contribution in [0.4, 0.5) is 13.2 Å². The van der Waals surface area contributed by atoms with Crippen LogP contribution in [0.5, 0.6) is 0 Å². The van der Waals surface area contributed by atoms with Crippen LogP contribution >= 0.6 is 11.8 Å². The molecule has 0 spiro atoms. The number of hydrogen-bond acceptors (Lipinski definition) is 5. The van der Waals surface area contributed by atoms with Gasteiger partial charge in [0.2, 0.25) is 0 Å². The largest absolute Gasteiger partial charge is 0.416 e. The molecular formula is C23H24F3N5S. The van der Waals surface area contributed by atoms with E-state index < -0.39 is 11.7 Å². The van der Waals surface area contributed by atoms with Crippen molar-refractivity contribution in [2.75, 3.05) is 25.4 Å². The fourth-order valence-electron chi connectivity index (χ4n) is 3.71. The lowest BCUT2D eigenvalue weighted by atomic mass is 9.97. The van der Waals surface area contributed by atoms with Crippen molar-refractivity contribution in [3.63, 3.8) is 0 Å². The molecule has 0 saturated heterocycles. The molecule has 9 heteroatoms. The molecule has 0 N–H and O–H groups in total. The maximum Gasteiger partial charge on any atom is 0.416 e. The minimum Gasteiger partial charge on any atom is -0.305 e. The number of aromatic nitrogens is 4. The van der Waals surface area contributed by atoms with E-state index in [0.717, 1.165) is 66.4 Å². The molecule has 2 aromatic heterocycles. The molecule has 4 rings (SSSR count). The van der Waals surface area contributed by atoms with Crippen molar-refractivity contribution < 1.29 is 13.2 Å². The van der Waals surface area contributed by atoms with Crippen molar-refractivity contribution in [3.8, 4) is 11.4 Å². The van der Waals surface area contributed by atoms with Crippen LogP contribution in [0, 0.1) is 0 Å². The van der Waals surface area contributed by atoms with E-state index in [2.05, 4.69) is 26.2 Å². The first kappa shape index (κ1) is 22.5. The third kappa shape index (κ3) is 5.39. The number of halogens is 3. The van der Waals surface area contributed by atoms with Gasteiger partial charge in [-0.25, -0.2) is 0 Å². The van der Waals surface area contributed by atoms with Crippen LogP contribution in [0.3, 0.4) is 0 Å². The third-order valence-electron chi connectivity index (χ3n) is 5.46. The van der Waals surface area contributed by atoms with Crippen LogP contribution in [-0.4, -0.2) is 50.0 Å². The second-order valence-corrected chi connectivity index (χ2v) is 8.73. The lowest BCUT2D eigenvalue weighted by molar-refractivity contribution is -0.137. The highest BCUT2D eigenvalue weighted by Gasteiger charge is 2.30. The molecule has 0 radical (unpaired) electrons. The Labute approximate surface area is 189 Å². The Bertz CT molecular complexity index is 1080. The summed E-state index contributed by atoms with van der Waals surface area (Å²) >= 11 is 1.67. The number of pyridine rings is 1. The number of thioether (sulfide) groups is 1. The van der Waals surface area contributed by atoms with Crippen molar-refractivity contribution in [1.29, 1.82) is 0 Å². The number of nitrogens with zero attached hydrogens (tertiary/aromatic N) is 5. The molecule has 0 bridgehead atoms. The molecule has 0 saturated carbocycles. The number of alkyl halides is 3. The fourth-order valence-corrected chi connectivity index (χ4v) is 4.55. The summed E-state index contributed by atoms with van der Waals surface area (Å²) in [5, 5.41) is 9.44. The van der Waals surface area contributed by atoms with Crippen LogP contribution < -0.4 is 0 Å². The lowest BCUT2D eigenvalue weighted by Gasteiger charge is -2.26. The third-order valence-corrected chi connectivity index (χ3v) is 6.56. The van der Waals surface area contributed by atoms with Crippen LogP contribution in [0.25, 0.3) is 17.0 Å². The molecule has 1 aliphatic rings. The van der Waals surface area contributed by atoms with Gasteiger partial charge in [0.05, 0.1) is 5.56 Å². The predicted molar refractivity (Wildman–Crippen MR) is 120 cm³/mol. The zero-order chi connectivity index (χ0) is 22.6. The van der Waals surface area contributed by atoms with Gasteiger partial charge in [-0.2, -0.15) is 13.2 Å². The standard InChI is InChI=1S/C23H24F3N5S/c1-30-21(19-6-3-10-27-16-19)28-29-22(30)32-14-4-11-31-12-8-17(9-13-31)18-5-2-7-20(15-18)23(24,25)26/h2-3,5-8,10,15-16H,4,9,11-14H2,1H3. The van der Waals surface area contributed by atoms with E-state index in [1.165, 1.54) is 12.1 Å². The van der Waals surface area contributed by atoms with Gasteiger partial charge < -0.3 is 4.57 Å². The van der Waals surface area contributed by atoms with Gasteiger partial charge in [-0.15, -0.1) is 10.2 Å². The van der Waals surface area contributed by atoms with Gasteiger partial charge in [-0.1, -0.05) is 30.0 Å². The normalized spacial score (nSPS) is 15.1. The summed E-state index contributed by atoms with van der Waals surface area (Å²) in [7, 11) is 1.95. The topological polar surface area (TPSA) is 46.8 Å². The van der Waals surface area contributed by atoms with E-state index >= 15 is 0 Å². The number of rotatable bonds is 7. The minimum atomic E-state index is -4.31. The lowest BCUT2D eigenvalue weighted by Crippen LogP contribution is -2.29. The van der Waals surface area contributed by atoms with Crippen molar-refractivity contribution in [2.24, 2.45) is 7.05 Å². The predicted octanol–water partition coefficient (Wildman–Crippen LogP) is 5.17. The average Bonchev–Trinajstić information content (AvgIpc) is 3.17. The van der Waals surface area contributed by atoms with E-state index in [-0.39, 0.29) is 0 Å². The maximum atomic E-state index is 13.0. The Balaban J connectivity index is 1.26. The summed E-state index contributed by atoms with van der Waals surface area (Å²) in [6.45, 7) is 2.54. The highest BCUT2D eigenvalue weighted by Crippen LogP contribution is 2.32. The molecule has 0 unspecified atom stereocenters. The Morgan fingerprint density at radius 1 is 1.09 bits per heavy atom. The van der Waals surface area contributed by atoms with E-state index in [0.29, 0.717) is 5.56 Å². The second-order valence-electron chi connectivity index (χ2n) is 7.67. The average molecular weight is 460 g/mol. The molecule has 32 heavy (non-hydrogen) atoms. The molecule has 1 aliphatic heterocycles. The van der Waals surface area contributed by atoms with Crippen molar-refractivity contribution >= 4 is 17.3 Å². The first-order valence-corrected chi connectivity index (χ1v) is 11.4. The highest BCUT2D eigenvalue weighted by molar-refractivity contribution is 7.99.